The van der Waals surface area contributed by atoms with E-state index in [1.807, 2.05) is 0 Å². The molecule has 1 aromatic heterocycles. The molecule has 2 aromatic carbocycles. The van der Waals surface area contributed by atoms with Crippen molar-refractivity contribution in [3.8, 4) is 11.4 Å². The van der Waals surface area contributed by atoms with Crippen molar-refractivity contribution in [1.29, 1.82) is 0 Å². The van der Waals surface area contributed by atoms with Crippen LogP contribution in [0.25, 0.3) is 11.4 Å². The molecule has 1 aliphatic rings. The van der Waals surface area contributed by atoms with Crippen molar-refractivity contribution in [2.45, 2.75) is 6.54 Å². The van der Waals surface area contributed by atoms with E-state index in [9.17, 15) is 14.4 Å². The minimum Gasteiger partial charge on any atom is -0.345 e. The van der Waals surface area contributed by atoms with Crippen LogP contribution in [0.5, 0.6) is 0 Å². The quantitative estimate of drug-likeness (QED) is 0.663. The lowest BCUT2D eigenvalue weighted by molar-refractivity contribution is -0.121. The number of nitrogens with one attached hydrogen (secondary N) is 1. The molecule has 28 heavy (non-hydrogen) atoms. The third kappa shape index (κ3) is 3.37. The van der Waals surface area contributed by atoms with Gasteiger partial charge in [-0.05, 0) is 36.4 Å². The van der Waals surface area contributed by atoms with Gasteiger partial charge >= 0.3 is 0 Å². The zero-order valence-electron chi connectivity index (χ0n) is 14.4. The summed E-state index contributed by atoms with van der Waals surface area (Å²) in [5, 5.41) is 7.01. The van der Waals surface area contributed by atoms with Crippen molar-refractivity contribution in [2.75, 3.05) is 6.54 Å². The first-order valence-electron chi connectivity index (χ1n) is 8.33. The van der Waals surface area contributed by atoms with Crippen molar-refractivity contribution in [1.82, 2.24) is 20.4 Å². The van der Waals surface area contributed by atoms with Crippen LogP contribution < -0.4 is 5.32 Å². The van der Waals surface area contributed by atoms with Gasteiger partial charge in [-0.1, -0.05) is 28.9 Å². The smallest absolute Gasteiger partial charge is 0.262 e. The summed E-state index contributed by atoms with van der Waals surface area (Å²) in [7, 11) is 0. The van der Waals surface area contributed by atoms with E-state index in [0.717, 1.165) is 10.5 Å². The summed E-state index contributed by atoms with van der Waals surface area (Å²) in [6.07, 6.45) is 0. The van der Waals surface area contributed by atoms with Gasteiger partial charge in [0.2, 0.25) is 17.6 Å². The SMILES string of the molecule is O=C(CN1C(=O)c2ccccc2C1=O)NCc1nc(-c2ccc(Cl)cc2)no1. The molecule has 0 saturated heterocycles. The van der Waals surface area contributed by atoms with Gasteiger partial charge in [0.1, 0.15) is 6.54 Å². The van der Waals surface area contributed by atoms with E-state index >= 15 is 0 Å². The average molecular weight is 397 g/mol. The van der Waals surface area contributed by atoms with Gasteiger partial charge < -0.3 is 9.84 Å². The molecule has 4 rings (SSSR count). The molecule has 9 heteroatoms. The normalized spacial score (nSPS) is 13.0. The van der Waals surface area contributed by atoms with Crippen LogP contribution in [0, 0.1) is 0 Å². The Morgan fingerprint density at radius 3 is 2.32 bits per heavy atom. The second-order valence-corrected chi connectivity index (χ2v) is 6.47. The minimum atomic E-state index is -0.513. The molecule has 0 fully saturated rings. The highest BCUT2D eigenvalue weighted by Crippen LogP contribution is 2.22. The van der Waals surface area contributed by atoms with Gasteiger partial charge in [0.25, 0.3) is 11.8 Å². The van der Waals surface area contributed by atoms with Gasteiger partial charge in [-0.25, -0.2) is 0 Å². The first-order valence-corrected chi connectivity index (χ1v) is 8.71. The number of nitrogens with zero attached hydrogens (tertiary/aromatic N) is 3. The van der Waals surface area contributed by atoms with Crippen LogP contribution in [-0.4, -0.2) is 39.3 Å². The van der Waals surface area contributed by atoms with Crippen molar-refractivity contribution in [3.63, 3.8) is 0 Å². The number of carbonyl (C=O) groups excluding carboxylic acids is 3. The first kappa shape index (κ1) is 17.9. The van der Waals surface area contributed by atoms with Crippen molar-refractivity contribution in [2.24, 2.45) is 0 Å². The monoisotopic (exact) mass is 396 g/mol. The Labute approximate surface area is 164 Å². The van der Waals surface area contributed by atoms with E-state index < -0.39 is 17.7 Å². The molecule has 8 nitrogen and oxygen atoms in total. The Balaban J connectivity index is 1.36. The molecular weight excluding hydrogens is 384 g/mol. The first-order chi connectivity index (χ1) is 13.5. The maximum atomic E-state index is 12.3. The number of halogens is 1. The van der Waals surface area contributed by atoms with E-state index in [0.29, 0.717) is 22.0 Å². The van der Waals surface area contributed by atoms with E-state index in [4.69, 9.17) is 16.1 Å². The fraction of sp³-hybridized carbons (Fsp3) is 0.105. The summed E-state index contributed by atoms with van der Waals surface area (Å²) in [5.74, 6) is -0.931. The molecule has 1 aliphatic heterocycles. The van der Waals surface area contributed by atoms with Gasteiger partial charge in [-0.2, -0.15) is 4.98 Å². The summed E-state index contributed by atoms with van der Waals surface area (Å²) >= 11 is 5.85. The fourth-order valence-corrected chi connectivity index (χ4v) is 2.93. The number of aromatic nitrogens is 2. The van der Waals surface area contributed by atoms with Crippen LogP contribution in [0.3, 0.4) is 0 Å². The van der Waals surface area contributed by atoms with Gasteiger partial charge in [0.15, 0.2) is 0 Å². The van der Waals surface area contributed by atoms with Crippen molar-refractivity contribution >= 4 is 29.3 Å². The van der Waals surface area contributed by atoms with Crippen LogP contribution in [0.2, 0.25) is 5.02 Å². The standard InChI is InChI=1S/C19H13ClN4O4/c20-12-7-5-11(6-8-12)17-22-16(28-23-17)9-21-15(25)10-24-18(26)13-3-1-2-4-14(13)19(24)27/h1-8H,9-10H2,(H,21,25). The number of rotatable bonds is 5. The van der Waals surface area contributed by atoms with Crippen LogP contribution in [0.15, 0.2) is 53.1 Å². The summed E-state index contributed by atoms with van der Waals surface area (Å²) in [5.41, 5.74) is 1.31. The van der Waals surface area contributed by atoms with Gasteiger partial charge in [0.05, 0.1) is 17.7 Å². The number of hydrogen-bond acceptors (Lipinski definition) is 6. The second-order valence-electron chi connectivity index (χ2n) is 6.04. The Morgan fingerprint density at radius 1 is 1.04 bits per heavy atom. The number of fused-ring (bicyclic) bond motifs is 1. The maximum absolute atomic E-state index is 12.3. The van der Waals surface area contributed by atoms with E-state index in [2.05, 4.69) is 15.5 Å². The van der Waals surface area contributed by atoms with Gasteiger partial charge in [0, 0.05) is 10.6 Å². The number of benzene rings is 2. The van der Waals surface area contributed by atoms with Gasteiger partial charge in [-0.15, -0.1) is 0 Å². The highest BCUT2D eigenvalue weighted by Gasteiger charge is 2.36. The lowest BCUT2D eigenvalue weighted by atomic mass is 10.1. The Kier molecular flexibility index (Phi) is 4.62. The summed E-state index contributed by atoms with van der Waals surface area (Å²) in [6.45, 7) is -0.410. The fourth-order valence-electron chi connectivity index (χ4n) is 2.80. The molecule has 0 saturated carbocycles. The molecule has 140 valence electrons. The third-order valence-electron chi connectivity index (χ3n) is 4.19. The highest BCUT2D eigenvalue weighted by molar-refractivity contribution is 6.30. The number of amides is 3. The largest absolute Gasteiger partial charge is 0.345 e. The number of hydrogen-bond donors (Lipinski definition) is 1. The number of carbonyl (C=O) groups is 3. The lowest BCUT2D eigenvalue weighted by Crippen LogP contribution is -2.40. The molecule has 1 N–H and O–H groups in total. The second kappa shape index (κ2) is 7.24. The highest BCUT2D eigenvalue weighted by atomic mass is 35.5. The molecule has 3 aromatic rings. The predicted octanol–water partition coefficient (Wildman–Crippen LogP) is 2.30. The zero-order valence-corrected chi connectivity index (χ0v) is 15.1. The summed E-state index contributed by atoms with van der Waals surface area (Å²) in [6, 6.07) is 13.4. The molecule has 0 bridgehead atoms. The molecular formula is C19H13ClN4O4. The average Bonchev–Trinajstić information content (AvgIpc) is 3.27. The number of imide groups is 1. The molecule has 0 radical (unpaired) electrons. The Morgan fingerprint density at radius 2 is 1.68 bits per heavy atom. The molecule has 0 atom stereocenters. The van der Waals surface area contributed by atoms with E-state index in [1.165, 1.54) is 0 Å². The van der Waals surface area contributed by atoms with Crippen LogP contribution >= 0.6 is 11.6 Å². The van der Waals surface area contributed by atoms with Crippen LogP contribution in [0.1, 0.15) is 26.6 Å². The van der Waals surface area contributed by atoms with Crippen molar-refractivity contribution in [3.05, 3.63) is 70.6 Å². The van der Waals surface area contributed by atoms with E-state index in [1.54, 1.807) is 48.5 Å². The zero-order chi connectivity index (χ0) is 19.7. The van der Waals surface area contributed by atoms with Crippen molar-refractivity contribution < 1.29 is 18.9 Å². The molecule has 3 amide bonds. The lowest BCUT2D eigenvalue weighted by Gasteiger charge is -2.12. The Bertz CT molecular complexity index is 1040. The van der Waals surface area contributed by atoms with Crippen LogP contribution in [-0.2, 0) is 11.3 Å². The summed E-state index contributed by atoms with van der Waals surface area (Å²) in [4.78, 5) is 41.8. The Hall–Kier alpha value is -3.52. The maximum Gasteiger partial charge on any atom is 0.262 e. The topological polar surface area (TPSA) is 105 Å². The summed E-state index contributed by atoms with van der Waals surface area (Å²) < 4.78 is 5.11. The van der Waals surface area contributed by atoms with Crippen LogP contribution in [0.4, 0.5) is 0 Å². The molecule has 0 aliphatic carbocycles. The molecule has 0 spiro atoms. The van der Waals surface area contributed by atoms with E-state index in [-0.39, 0.29) is 19.0 Å². The predicted molar refractivity (Wildman–Crippen MR) is 98.4 cm³/mol. The minimum absolute atomic E-state index is 0.0252. The molecule has 2 heterocycles. The third-order valence-corrected chi connectivity index (χ3v) is 4.44. The van der Waals surface area contributed by atoms with Gasteiger partial charge in [-0.3, -0.25) is 19.3 Å². The molecule has 0 unspecified atom stereocenters.